The summed E-state index contributed by atoms with van der Waals surface area (Å²) in [5.74, 6) is 0. The van der Waals surface area contributed by atoms with Crippen LogP contribution in [0.3, 0.4) is 0 Å². The van der Waals surface area contributed by atoms with Gasteiger partial charge in [0.2, 0.25) is 0 Å². The van der Waals surface area contributed by atoms with Crippen molar-refractivity contribution in [3.8, 4) is 0 Å². The van der Waals surface area contributed by atoms with Crippen LogP contribution >= 0.6 is 0 Å². The van der Waals surface area contributed by atoms with Crippen LogP contribution in [0, 0.1) is 0 Å². The second-order valence-corrected chi connectivity index (χ2v) is 4.56. The first-order valence-corrected chi connectivity index (χ1v) is 6.28. The Bertz CT molecular complexity index is 464. The molecule has 96 valence electrons. The number of aromatic nitrogens is 1. The van der Waals surface area contributed by atoms with Gasteiger partial charge in [-0.15, -0.1) is 0 Å². The van der Waals surface area contributed by atoms with E-state index in [0.717, 1.165) is 13.0 Å². The van der Waals surface area contributed by atoms with Gasteiger partial charge in [0, 0.05) is 31.5 Å². The lowest BCUT2D eigenvalue weighted by Gasteiger charge is -2.16. The molecule has 0 bridgehead atoms. The Labute approximate surface area is 108 Å². The van der Waals surface area contributed by atoms with E-state index < -0.39 is 0 Å². The molecule has 1 heterocycles. The molecule has 0 saturated heterocycles. The second kappa shape index (κ2) is 6.38. The van der Waals surface area contributed by atoms with E-state index in [2.05, 4.69) is 28.1 Å². The van der Waals surface area contributed by atoms with Gasteiger partial charge in [0.1, 0.15) is 0 Å². The fourth-order valence-corrected chi connectivity index (χ4v) is 2.03. The van der Waals surface area contributed by atoms with Crippen LogP contribution in [0.2, 0.25) is 0 Å². The van der Waals surface area contributed by atoms with E-state index >= 15 is 0 Å². The van der Waals surface area contributed by atoms with E-state index in [4.69, 9.17) is 0 Å². The Morgan fingerprint density at radius 2 is 1.94 bits per heavy atom. The third-order valence-corrected chi connectivity index (χ3v) is 3.17. The predicted octanol–water partition coefficient (Wildman–Crippen LogP) is 1.72. The maximum Gasteiger partial charge on any atom is 0.0588 e. The van der Waals surface area contributed by atoms with Crippen LogP contribution in [0.15, 0.2) is 48.7 Å². The van der Waals surface area contributed by atoms with Crippen molar-refractivity contribution < 1.29 is 5.11 Å². The van der Waals surface area contributed by atoms with Gasteiger partial charge >= 0.3 is 0 Å². The largest absolute Gasteiger partial charge is 0.395 e. The first-order valence-electron chi connectivity index (χ1n) is 6.28. The third-order valence-electron chi connectivity index (χ3n) is 3.17. The van der Waals surface area contributed by atoms with E-state index in [0.29, 0.717) is 0 Å². The Kier molecular flexibility index (Phi) is 4.56. The van der Waals surface area contributed by atoms with E-state index in [-0.39, 0.29) is 12.6 Å². The zero-order valence-electron chi connectivity index (χ0n) is 10.7. The Balaban J connectivity index is 1.88. The standard InChI is InChI=1S/C15H20N2O/c1-17-9-5-8-15(17)11-16-14(12-18)10-13-6-3-2-4-7-13/h2-9,14,16,18H,10-12H2,1H3/t14-/m0/s1. The highest BCUT2D eigenvalue weighted by atomic mass is 16.3. The monoisotopic (exact) mass is 244 g/mol. The van der Waals surface area contributed by atoms with Crippen molar-refractivity contribution in [3.05, 3.63) is 59.9 Å². The van der Waals surface area contributed by atoms with Crippen LogP contribution in [0.5, 0.6) is 0 Å². The molecule has 0 amide bonds. The first-order chi connectivity index (χ1) is 8.79. The fraction of sp³-hybridized carbons (Fsp3) is 0.333. The summed E-state index contributed by atoms with van der Waals surface area (Å²) in [4.78, 5) is 0. The number of nitrogens with one attached hydrogen (secondary N) is 1. The summed E-state index contributed by atoms with van der Waals surface area (Å²) in [6.45, 7) is 0.931. The van der Waals surface area contributed by atoms with Crippen LogP contribution < -0.4 is 5.32 Å². The van der Waals surface area contributed by atoms with Gasteiger partial charge < -0.3 is 15.0 Å². The van der Waals surface area contributed by atoms with Gasteiger partial charge in [0.25, 0.3) is 0 Å². The number of benzene rings is 1. The molecule has 3 heteroatoms. The quantitative estimate of drug-likeness (QED) is 0.812. The van der Waals surface area contributed by atoms with Gasteiger partial charge in [-0.05, 0) is 24.1 Å². The molecule has 0 unspecified atom stereocenters. The summed E-state index contributed by atoms with van der Waals surface area (Å²) in [5.41, 5.74) is 2.47. The maximum atomic E-state index is 9.42. The van der Waals surface area contributed by atoms with Gasteiger partial charge in [-0.1, -0.05) is 30.3 Å². The number of aryl methyl sites for hydroxylation is 1. The first kappa shape index (κ1) is 12.9. The SMILES string of the molecule is Cn1cccc1CN[C@H](CO)Cc1ccccc1. The lowest BCUT2D eigenvalue weighted by atomic mass is 10.1. The van der Waals surface area contributed by atoms with E-state index in [1.807, 2.05) is 37.5 Å². The van der Waals surface area contributed by atoms with Crippen molar-refractivity contribution in [1.82, 2.24) is 9.88 Å². The minimum atomic E-state index is 0.0994. The molecule has 1 aromatic heterocycles. The third kappa shape index (κ3) is 3.45. The second-order valence-electron chi connectivity index (χ2n) is 4.56. The molecular formula is C15H20N2O. The molecule has 0 saturated carbocycles. The normalized spacial score (nSPS) is 12.6. The lowest BCUT2D eigenvalue weighted by molar-refractivity contribution is 0.240. The molecule has 2 aromatic rings. The van der Waals surface area contributed by atoms with Crippen molar-refractivity contribution in [3.63, 3.8) is 0 Å². The molecule has 0 aliphatic heterocycles. The Morgan fingerprint density at radius 3 is 2.56 bits per heavy atom. The van der Waals surface area contributed by atoms with Crippen LogP contribution in [0.4, 0.5) is 0 Å². The van der Waals surface area contributed by atoms with Crippen molar-refractivity contribution in [1.29, 1.82) is 0 Å². The van der Waals surface area contributed by atoms with Crippen LogP contribution in [-0.4, -0.2) is 22.3 Å². The molecule has 0 spiro atoms. The Hall–Kier alpha value is -1.58. The van der Waals surface area contributed by atoms with Gasteiger partial charge in [-0.25, -0.2) is 0 Å². The summed E-state index contributed by atoms with van der Waals surface area (Å²) in [6.07, 6.45) is 2.88. The number of hydrogen-bond donors (Lipinski definition) is 2. The highest BCUT2D eigenvalue weighted by molar-refractivity contribution is 5.16. The highest BCUT2D eigenvalue weighted by Gasteiger charge is 2.08. The molecule has 2 N–H and O–H groups in total. The summed E-state index contributed by atoms with van der Waals surface area (Å²) in [6, 6.07) is 14.5. The molecule has 2 rings (SSSR count). The minimum Gasteiger partial charge on any atom is -0.395 e. The van der Waals surface area contributed by atoms with Gasteiger partial charge in [0.15, 0.2) is 0 Å². The topological polar surface area (TPSA) is 37.2 Å². The molecule has 0 aliphatic rings. The Morgan fingerprint density at radius 1 is 1.17 bits per heavy atom. The van der Waals surface area contributed by atoms with Crippen LogP contribution in [-0.2, 0) is 20.0 Å². The lowest BCUT2D eigenvalue weighted by Crippen LogP contribution is -2.34. The molecule has 0 aliphatic carbocycles. The van der Waals surface area contributed by atoms with E-state index in [9.17, 15) is 5.11 Å². The van der Waals surface area contributed by atoms with Crippen molar-refractivity contribution in [2.24, 2.45) is 7.05 Å². The molecular weight excluding hydrogens is 224 g/mol. The van der Waals surface area contributed by atoms with Crippen molar-refractivity contribution in [2.45, 2.75) is 19.0 Å². The summed E-state index contributed by atoms with van der Waals surface area (Å²) in [7, 11) is 2.03. The average Bonchev–Trinajstić information content (AvgIpc) is 2.81. The molecule has 18 heavy (non-hydrogen) atoms. The number of nitrogens with zero attached hydrogens (tertiary/aromatic N) is 1. The minimum absolute atomic E-state index is 0.0994. The average molecular weight is 244 g/mol. The summed E-state index contributed by atoms with van der Waals surface area (Å²) >= 11 is 0. The highest BCUT2D eigenvalue weighted by Crippen LogP contribution is 2.05. The van der Waals surface area contributed by atoms with Gasteiger partial charge in [-0.3, -0.25) is 0 Å². The molecule has 0 fully saturated rings. The molecule has 1 atom stereocenters. The molecule has 0 radical (unpaired) electrons. The van der Waals surface area contributed by atoms with Crippen LogP contribution in [0.25, 0.3) is 0 Å². The van der Waals surface area contributed by atoms with Crippen molar-refractivity contribution >= 4 is 0 Å². The smallest absolute Gasteiger partial charge is 0.0588 e. The summed E-state index contributed by atoms with van der Waals surface area (Å²) in [5, 5.41) is 12.8. The van der Waals surface area contributed by atoms with E-state index in [1.54, 1.807) is 0 Å². The zero-order chi connectivity index (χ0) is 12.8. The summed E-state index contributed by atoms with van der Waals surface area (Å²) < 4.78 is 2.09. The molecule has 1 aromatic carbocycles. The zero-order valence-corrected chi connectivity index (χ0v) is 10.7. The predicted molar refractivity (Wildman–Crippen MR) is 73.3 cm³/mol. The van der Waals surface area contributed by atoms with Crippen molar-refractivity contribution in [2.75, 3.05) is 6.61 Å². The fourth-order valence-electron chi connectivity index (χ4n) is 2.03. The van der Waals surface area contributed by atoms with Gasteiger partial charge in [-0.2, -0.15) is 0 Å². The number of aliphatic hydroxyl groups excluding tert-OH is 1. The van der Waals surface area contributed by atoms with E-state index in [1.165, 1.54) is 11.3 Å². The van der Waals surface area contributed by atoms with Gasteiger partial charge in [0.05, 0.1) is 6.61 Å². The molecule has 3 nitrogen and oxygen atoms in total. The van der Waals surface area contributed by atoms with Crippen LogP contribution in [0.1, 0.15) is 11.3 Å². The number of rotatable bonds is 6. The number of hydrogen-bond acceptors (Lipinski definition) is 2. The number of aliphatic hydroxyl groups is 1. The maximum absolute atomic E-state index is 9.42.